The van der Waals surface area contributed by atoms with E-state index in [1.165, 1.54) is 18.1 Å². The monoisotopic (exact) mass is 534 g/mol. The van der Waals surface area contributed by atoms with Crippen molar-refractivity contribution in [1.82, 2.24) is 9.55 Å². The van der Waals surface area contributed by atoms with Crippen LogP contribution in [-0.2, 0) is 6.61 Å². The molecule has 0 aliphatic heterocycles. The van der Waals surface area contributed by atoms with Gasteiger partial charge in [-0.1, -0.05) is 73.4 Å². The van der Waals surface area contributed by atoms with E-state index in [1.807, 2.05) is 18.2 Å². The van der Waals surface area contributed by atoms with Crippen LogP contribution in [0.1, 0.15) is 59.6 Å². The lowest BCUT2D eigenvalue weighted by molar-refractivity contribution is 0.0697. The van der Waals surface area contributed by atoms with Crippen molar-refractivity contribution in [1.29, 1.82) is 0 Å². The predicted molar refractivity (Wildman–Crippen MR) is 155 cm³/mol. The molecule has 5 aromatic rings. The molecule has 5 nitrogen and oxygen atoms in total. The van der Waals surface area contributed by atoms with Crippen LogP contribution in [0.4, 0.5) is 4.39 Å². The molecule has 0 unspecified atom stereocenters. The first-order valence-electron chi connectivity index (χ1n) is 13.8. The van der Waals surface area contributed by atoms with E-state index in [9.17, 15) is 9.90 Å². The Morgan fingerprint density at radius 2 is 1.73 bits per heavy atom. The van der Waals surface area contributed by atoms with Crippen LogP contribution in [0.3, 0.4) is 0 Å². The SMILES string of the molecule is Cc1ccc(-c2ccccc2COc2ccc(-c3nc4cc(C(=O)O)ccc4n3C3CCCCC3)c(F)c2)cc1. The van der Waals surface area contributed by atoms with Crippen molar-refractivity contribution in [3.8, 4) is 28.3 Å². The highest BCUT2D eigenvalue weighted by Crippen LogP contribution is 2.37. The number of imidazole rings is 1. The highest BCUT2D eigenvalue weighted by molar-refractivity contribution is 5.93. The lowest BCUT2D eigenvalue weighted by atomic mass is 9.94. The number of hydrogen-bond donors (Lipinski definition) is 1. The first-order valence-corrected chi connectivity index (χ1v) is 13.8. The van der Waals surface area contributed by atoms with Crippen molar-refractivity contribution in [2.75, 3.05) is 0 Å². The molecule has 202 valence electrons. The van der Waals surface area contributed by atoms with E-state index in [-0.39, 0.29) is 11.6 Å². The number of aromatic carboxylic acids is 1. The summed E-state index contributed by atoms with van der Waals surface area (Å²) in [5.41, 5.74) is 6.36. The zero-order chi connectivity index (χ0) is 27.6. The van der Waals surface area contributed by atoms with Gasteiger partial charge in [0.1, 0.15) is 24.0 Å². The fourth-order valence-corrected chi connectivity index (χ4v) is 5.72. The van der Waals surface area contributed by atoms with Crippen molar-refractivity contribution in [2.24, 2.45) is 0 Å². The van der Waals surface area contributed by atoms with Crippen LogP contribution >= 0.6 is 0 Å². The van der Waals surface area contributed by atoms with Crippen molar-refractivity contribution in [2.45, 2.75) is 51.7 Å². The number of rotatable bonds is 7. The quantitative estimate of drug-likeness (QED) is 0.227. The summed E-state index contributed by atoms with van der Waals surface area (Å²) in [7, 11) is 0. The standard InChI is InChI=1S/C34H31FN2O3/c1-22-11-13-23(14-12-22)28-10-6-5-7-25(28)21-40-27-16-17-29(30(35)20-27)33-36-31-19-24(34(38)39)15-18-32(31)37(33)26-8-3-2-4-9-26/h5-7,10-20,26H,2-4,8-9,21H2,1H3,(H,38,39). The largest absolute Gasteiger partial charge is 0.489 e. The summed E-state index contributed by atoms with van der Waals surface area (Å²) < 4.78 is 23.9. The smallest absolute Gasteiger partial charge is 0.335 e. The van der Waals surface area contributed by atoms with E-state index in [0.717, 1.165) is 47.9 Å². The molecule has 0 spiro atoms. The Hall–Kier alpha value is -4.45. The van der Waals surface area contributed by atoms with Crippen LogP contribution in [-0.4, -0.2) is 20.6 Å². The number of carboxylic acids is 1. The predicted octanol–water partition coefficient (Wildman–Crippen LogP) is 8.60. The van der Waals surface area contributed by atoms with E-state index in [2.05, 4.69) is 41.8 Å². The molecule has 6 rings (SSSR count). The van der Waals surface area contributed by atoms with Gasteiger partial charge in [-0.15, -0.1) is 0 Å². The van der Waals surface area contributed by atoms with Crippen LogP contribution in [0.2, 0.25) is 0 Å². The fourth-order valence-electron chi connectivity index (χ4n) is 5.72. The Bertz CT molecular complexity index is 1680. The van der Waals surface area contributed by atoms with Gasteiger partial charge in [-0.2, -0.15) is 0 Å². The molecule has 0 atom stereocenters. The van der Waals surface area contributed by atoms with Crippen LogP contribution in [0.25, 0.3) is 33.5 Å². The molecule has 1 N–H and O–H groups in total. The zero-order valence-electron chi connectivity index (χ0n) is 22.4. The molecule has 1 fully saturated rings. The molecular weight excluding hydrogens is 503 g/mol. The summed E-state index contributed by atoms with van der Waals surface area (Å²) >= 11 is 0. The van der Waals surface area contributed by atoms with Gasteiger partial charge in [-0.05, 0) is 66.8 Å². The summed E-state index contributed by atoms with van der Waals surface area (Å²) in [4.78, 5) is 16.3. The number of carbonyl (C=O) groups is 1. The van der Waals surface area contributed by atoms with Crippen molar-refractivity contribution in [3.05, 3.63) is 107 Å². The average molecular weight is 535 g/mol. The number of hydrogen-bond acceptors (Lipinski definition) is 3. The Morgan fingerprint density at radius 1 is 0.950 bits per heavy atom. The molecule has 0 saturated heterocycles. The number of carboxylic acid groups (broad SMARTS) is 1. The molecule has 0 radical (unpaired) electrons. The van der Waals surface area contributed by atoms with E-state index in [4.69, 9.17) is 9.72 Å². The molecular formula is C34H31FN2O3. The molecule has 1 aliphatic rings. The van der Waals surface area contributed by atoms with Crippen LogP contribution in [0, 0.1) is 12.7 Å². The molecule has 1 aliphatic carbocycles. The highest BCUT2D eigenvalue weighted by Gasteiger charge is 2.24. The maximum Gasteiger partial charge on any atom is 0.335 e. The van der Waals surface area contributed by atoms with Gasteiger partial charge in [0.2, 0.25) is 0 Å². The van der Waals surface area contributed by atoms with Gasteiger partial charge >= 0.3 is 5.97 Å². The Balaban J connectivity index is 1.31. The van der Waals surface area contributed by atoms with Gasteiger partial charge in [0.15, 0.2) is 0 Å². The molecule has 1 heterocycles. The summed E-state index contributed by atoms with van der Waals surface area (Å²) in [6, 6.07) is 26.5. The minimum atomic E-state index is -1.01. The van der Waals surface area contributed by atoms with Gasteiger partial charge in [0, 0.05) is 12.1 Å². The van der Waals surface area contributed by atoms with E-state index >= 15 is 4.39 Å². The zero-order valence-corrected chi connectivity index (χ0v) is 22.4. The topological polar surface area (TPSA) is 64.3 Å². The lowest BCUT2D eigenvalue weighted by Gasteiger charge is -2.25. The maximum atomic E-state index is 15.7. The first kappa shape index (κ1) is 25.8. The van der Waals surface area contributed by atoms with Gasteiger partial charge in [0.25, 0.3) is 0 Å². The minimum Gasteiger partial charge on any atom is -0.489 e. The summed E-state index contributed by atoms with van der Waals surface area (Å²) in [6.07, 6.45) is 5.38. The minimum absolute atomic E-state index is 0.169. The summed E-state index contributed by atoms with van der Waals surface area (Å²) in [5.74, 6) is -0.464. The molecule has 0 bridgehead atoms. The number of benzene rings is 4. The molecule has 1 saturated carbocycles. The van der Waals surface area contributed by atoms with Crippen LogP contribution < -0.4 is 4.74 Å². The van der Waals surface area contributed by atoms with Crippen LogP contribution in [0.5, 0.6) is 5.75 Å². The van der Waals surface area contributed by atoms with Crippen LogP contribution in [0.15, 0.2) is 84.9 Å². The van der Waals surface area contributed by atoms with Crippen molar-refractivity contribution >= 4 is 17.0 Å². The Morgan fingerprint density at radius 3 is 2.48 bits per heavy atom. The molecule has 4 aromatic carbocycles. The normalized spacial score (nSPS) is 13.9. The number of fused-ring (bicyclic) bond motifs is 1. The molecule has 1 aromatic heterocycles. The average Bonchev–Trinajstić information content (AvgIpc) is 3.35. The van der Waals surface area contributed by atoms with Crippen molar-refractivity contribution < 1.29 is 19.0 Å². The Labute approximate surface area is 232 Å². The second-order valence-electron chi connectivity index (χ2n) is 10.6. The molecule has 0 amide bonds. The number of halogens is 1. The van der Waals surface area contributed by atoms with E-state index in [0.29, 0.717) is 29.3 Å². The third-order valence-corrected chi connectivity index (χ3v) is 7.83. The van der Waals surface area contributed by atoms with Gasteiger partial charge < -0.3 is 14.4 Å². The summed E-state index contributed by atoms with van der Waals surface area (Å²) in [5, 5.41) is 9.48. The van der Waals surface area contributed by atoms with E-state index < -0.39 is 11.8 Å². The lowest BCUT2D eigenvalue weighted by Crippen LogP contribution is -2.14. The number of ether oxygens (including phenoxy) is 1. The van der Waals surface area contributed by atoms with Gasteiger partial charge in [-0.3, -0.25) is 0 Å². The Kier molecular flexibility index (Phi) is 7.08. The van der Waals surface area contributed by atoms with Crippen molar-refractivity contribution in [3.63, 3.8) is 0 Å². The molecule has 40 heavy (non-hydrogen) atoms. The third kappa shape index (κ3) is 5.09. The maximum absolute atomic E-state index is 15.7. The highest BCUT2D eigenvalue weighted by atomic mass is 19.1. The second kappa shape index (κ2) is 11.0. The number of nitrogens with zero attached hydrogens (tertiary/aromatic N) is 2. The van der Waals surface area contributed by atoms with Gasteiger partial charge in [0.05, 0.1) is 22.2 Å². The fraction of sp³-hybridized carbons (Fsp3) is 0.235. The number of aromatic nitrogens is 2. The molecule has 6 heteroatoms. The second-order valence-corrected chi connectivity index (χ2v) is 10.6. The van der Waals surface area contributed by atoms with Gasteiger partial charge in [-0.25, -0.2) is 14.2 Å². The van der Waals surface area contributed by atoms with E-state index in [1.54, 1.807) is 30.3 Å². The first-order chi connectivity index (χ1) is 19.5. The third-order valence-electron chi connectivity index (χ3n) is 7.83. The number of aryl methyl sites for hydroxylation is 1. The summed E-state index contributed by atoms with van der Waals surface area (Å²) in [6.45, 7) is 2.37.